The summed E-state index contributed by atoms with van der Waals surface area (Å²) in [5, 5.41) is 11.7. The zero-order chi connectivity index (χ0) is 14.8. The zero-order valence-corrected chi connectivity index (χ0v) is 11.9. The third-order valence-electron chi connectivity index (χ3n) is 4.87. The van der Waals surface area contributed by atoms with Crippen LogP contribution in [0.3, 0.4) is 0 Å². The Hall–Kier alpha value is -1.91. The van der Waals surface area contributed by atoms with E-state index < -0.39 is 5.97 Å². The van der Waals surface area contributed by atoms with Gasteiger partial charge in [-0.05, 0) is 48.6 Å². The Balaban J connectivity index is 1.46. The minimum Gasteiger partial charge on any atom is -0.477 e. The number of carbonyl (C=O) groups is 2. The van der Waals surface area contributed by atoms with Gasteiger partial charge in [-0.15, -0.1) is 0 Å². The molecule has 3 rings (SSSR count). The normalized spacial score (nSPS) is 26.8. The van der Waals surface area contributed by atoms with Gasteiger partial charge in [-0.1, -0.05) is 12.5 Å². The lowest BCUT2D eigenvalue weighted by atomic mass is 9.86. The van der Waals surface area contributed by atoms with Crippen molar-refractivity contribution >= 4 is 11.9 Å². The first-order valence-electron chi connectivity index (χ1n) is 7.56. The Morgan fingerprint density at radius 1 is 1.29 bits per heavy atom. The number of nitrogens with zero attached hydrogens (tertiary/aromatic N) is 1. The van der Waals surface area contributed by atoms with Gasteiger partial charge in [0.1, 0.15) is 5.69 Å². The van der Waals surface area contributed by atoms with E-state index in [4.69, 9.17) is 5.11 Å². The number of hydrogen-bond acceptors (Lipinski definition) is 3. The van der Waals surface area contributed by atoms with Crippen molar-refractivity contribution in [1.29, 1.82) is 0 Å². The molecule has 2 N–H and O–H groups in total. The quantitative estimate of drug-likeness (QED) is 0.870. The van der Waals surface area contributed by atoms with E-state index in [2.05, 4.69) is 10.3 Å². The van der Waals surface area contributed by atoms with Gasteiger partial charge in [0.2, 0.25) is 5.91 Å². The number of nitrogens with one attached hydrogen (secondary N) is 1. The van der Waals surface area contributed by atoms with Crippen molar-refractivity contribution in [3.05, 3.63) is 29.6 Å². The van der Waals surface area contributed by atoms with Gasteiger partial charge in [0.25, 0.3) is 0 Å². The minimum absolute atomic E-state index is 0.0204. The minimum atomic E-state index is -1.04. The predicted octanol–water partition coefficient (Wildman–Crippen LogP) is 2.22. The van der Waals surface area contributed by atoms with Crippen molar-refractivity contribution in [1.82, 2.24) is 10.3 Å². The summed E-state index contributed by atoms with van der Waals surface area (Å²) in [6, 6.07) is 3.15. The second kappa shape index (κ2) is 5.84. The Labute approximate surface area is 123 Å². The first-order valence-corrected chi connectivity index (χ1v) is 7.56. The van der Waals surface area contributed by atoms with Gasteiger partial charge in [0.15, 0.2) is 0 Å². The Morgan fingerprint density at radius 2 is 2.14 bits per heavy atom. The van der Waals surface area contributed by atoms with Crippen LogP contribution in [0.15, 0.2) is 18.3 Å². The summed E-state index contributed by atoms with van der Waals surface area (Å²) in [6.07, 6.45) is 7.31. The third kappa shape index (κ3) is 3.23. The molecular formula is C16H20N2O3. The standard InChI is InChI=1S/C16H20N2O3/c19-15(7-13-6-10-1-3-12(13)5-10)18-9-11-2-4-14(16(20)21)17-8-11/h2,4,8,10,12-13H,1,3,5-7,9H2,(H,18,19)(H,20,21). The molecule has 0 aliphatic heterocycles. The smallest absolute Gasteiger partial charge is 0.354 e. The number of amides is 1. The highest BCUT2D eigenvalue weighted by Gasteiger charge is 2.39. The predicted molar refractivity (Wildman–Crippen MR) is 76.6 cm³/mol. The van der Waals surface area contributed by atoms with Crippen molar-refractivity contribution < 1.29 is 14.7 Å². The van der Waals surface area contributed by atoms with Crippen LogP contribution in [0.5, 0.6) is 0 Å². The Bertz CT molecular complexity index is 541. The number of aromatic carboxylic acids is 1. The van der Waals surface area contributed by atoms with Gasteiger partial charge < -0.3 is 10.4 Å². The summed E-state index contributed by atoms with van der Waals surface area (Å²) in [6.45, 7) is 0.409. The van der Waals surface area contributed by atoms with Crippen LogP contribution in [-0.4, -0.2) is 22.0 Å². The zero-order valence-electron chi connectivity index (χ0n) is 11.9. The summed E-state index contributed by atoms with van der Waals surface area (Å²) in [4.78, 5) is 26.5. The average Bonchev–Trinajstić information content (AvgIpc) is 3.08. The number of carboxylic acid groups (broad SMARTS) is 1. The van der Waals surface area contributed by atoms with E-state index in [1.165, 1.54) is 37.9 Å². The van der Waals surface area contributed by atoms with E-state index in [9.17, 15) is 9.59 Å². The summed E-state index contributed by atoms with van der Waals surface area (Å²) in [7, 11) is 0. The van der Waals surface area contributed by atoms with Gasteiger partial charge in [-0.25, -0.2) is 9.78 Å². The molecule has 112 valence electrons. The highest BCUT2D eigenvalue weighted by molar-refractivity contribution is 5.85. The lowest BCUT2D eigenvalue weighted by Crippen LogP contribution is -2.27. The number of carboxylic acids is 1. The van der Waals surface area contributed by atoms with Crippen LogP contribution >= 0.6 is 0 Å². The maximum atomic E-state index is 12.0. The van der Waals surface area contributed by atoms with E-state index in [0.29, 0.717) is 18.9 Å². The molecule has 1 aromatic heterocycles. The van der Waals surface area contributed by atoms with E-state index in [1.807, 2.05) is 0 Å². The van der Waals surface area contributed by atoms with Crippen molar-refractivity contribution in [2.75, 3.05) is 0 Å². The van der Waals surface area contributed by atoms with Gasteiger partial charge in [0, 0.05) is 19.2 Å². The van der Waals surface area contributed by atoms with E-state index in [1.54, 1.807) is 6.07 Å². The molecule has 0 radical (unpaired) electrons. The number of pyridine rings is 1. The van der Waals surface area contributed by atoms with Gasteiger partial charge in [-0.2, -0.15) is 0 Å². The first-order chi connectivity index (χ1) is 10.1. The number of aromatic nitrogens is 1. The Morgan fingerprint density at radius 3 is 2.71 bits per heavy atom. The fraction of sp³-hybridized carbons (Fsp3) is 0.562. The maximum Gasteiger partial charge on any atom is 0.354 e. The first kappa shape index (κ1) is 14.0. The van der Waals surface area contributed by atoms with E-state index >= 15 is 0 Å². The molecule has 2 aliphatic carbocycles. The summed E-state index contributed by atoms with van der Waals surface area (Å²) < 4.78 is 0. The second-order valence-electron chi connectivity index (χ2n) is 6.27. The molecule has 1 amide bonds. The summed E-state index contributed by atoms with van der Waals surface area (Å²) in [5.41, 5.74) is 0.841. The number of fused-ring (bicyclic) bond motifs is 2. The molecule has 5 nitrogen and oxygen atoms in total. The van der Waals surface area contributed by atoms with Crippen molar-refractivity contribution in [3.8, 4) is 0 Å². The molecule has 2 bridgehead atoms. The van der Waals surface area contributed by atoms with Crippen LogP contribution in [0.2, 0.25) is 0 Å². The van der Waals surface area contributed by atoms with Crippen molar-refractivity contribution in [2.24, 2.45) is 17.8 Å². The lowest BCUT2D eigenvalue weighted by Gasteiger charge is -2.20. The largest absolute Gasteiger partial charge is 0.477 e. The fourth-order valence-electron chi connectivity index (χ4n) is 3.79. The molecule has 2 saturated carbocycles. The maximum absolute atomic E-state index is 12.0. The van der Waals surface area contributed by atoms with E-state index in [0.717, 1.165) is 17.4 Å². The molecule has 3 unspecified atom stereocenters. The summed E-state index contributed by atoms with van der Waals surface area (Å²) >= 11 is 0. The fourth-order valence-corrected chi connectivity index (χ4v) is 3.79. The van der Waals surface area contributed by atoms with Crippen molar-refractivity contribution in [2.45, 2.75) is 38.6 Å². The van der Waals surface area contributed by atoms with Crippen LogP contribution in [0.1, 0.15) is 48.2 Å². The molecule has 0 spiro atoms. The number of rotatable bonds is 5. The highest BCUT2D eigenvalue weighted by atomic mass is 16.4. The van der Waals surface area contributed by atoms with Crippen LogP contribution in [0.4, 0.5) is 0 Å². The van der Waals surface area contributed by atoms with Crippen LogP contribution in [0.25, 0.3) is 0 Å². The monoisotopic (exact) mass is 288 g/mol. The molecule has 1 heterocycles. The SMILES string of the molecule is O=C(CC1CC2CCC1C2)NCc1ccc(C(=O)O)nc1. The molecule has 2 aliphatic rings. The molecule has 5 heteroatoms. The van der Waals surface area contributed by atoms with Crippen LogP contribution < -0.4 is 5.32 Å². The summed E-state index contributed by atoms with van der Waals surface area (Å²) in [5.74, 6) is 1.24. The van der Waals surface area contributed by atoms with Crippen LogP contribution in [-0.2, 0) is 11.3 Å². The second-order valence-corrected chi connectivity index (χ2v) is 6.27. The topological polar surface area (TPSA) is 79.3 Å². The average molecular weight is 288 g/mol. The molecular weight excluding hydrogens is 268 g/mol. The molecule has 3 atom stereocenters. The molecule has 0 aromatic carbocycles. The van der Waals surface area contributed by atoms with Crippen molar-refractivity contribution in [3.63, 3.8) is 0 Å². The van der Waals surface area contributed by atoms with Gasteiger partial charge >= 0.3 is 5.97 Å². The van der Waals surface area contributed by atoms with E-state index in [-0.39, 0.29) is 11.6 Å². The molecule has 0 saturated heterocycles. The molecule has 1 aromatic rings. The molecule has 21 heavy (non-hydrogen) atoms. The third-order valence-corrected chi connectivity index (χ3v) is 4.87. The van der Waals surface area contributed by atoms with Crippen LogP contribution in [0, 0.1) is 17.8 Å². The highest BCUT2D eigenvalue weighted by Crippen LogP contribution is 2.49. The number of carbonyl (C=O) groups excluding carboxylic acids is 1. The molecule has 2 fully saturated rings. The van der Waals surface area contributed by atoms with Gasteiger partial charge in [0.05, 0.1) is 0 Å². The van der Waals surface area contributed by atoms with Gasteiger partial charge in [-0.3, -0.25) is 4.79 Å². The Kier molecular flexibility index (Phi) is 3.90. The number of hydrogen-bond donors (Lipinski definition) is 2. The lowest BCUT2D eigenvalue weighted by molar-refractivity contribution is -0.122.